The zero-order chi connectivity index (χ0) is 21.2. The van der Waals surface area contributed by atoms with Crippen molar-refractivity contribution in [1.29, 1.82) is 0 Å². The number of hydrogen-bond acceptors (Lipinski definition) is 4. The van der Waals surface area contributed by atoms with Gasteiger partial charge in [-0.3, -0.25) is 9.80 Å². The number of amides is 1. The summed E-state index contributed by atoms with van der Waals surface area (Å²) in [6.45, 7) is 10.7. The van der Waals surface area contributed by atoms with Crippen LogP contribution >= 0.6 is 0 Å². The van der Waals surface area contributed by atoms with E-state index in [1.165, 1.54) is 0 Å². The predicted octanol–water partition coefficient (Wildman–Crippen LogP) is 4.21. The molecule has 1 saturated heterocycles. The number of carbonyl (C=O) groups is 1. The van der Waals surface area contributed by atoms with Gasteiger partial charge < -0.3 is 9.84 Å². The van der Waals surface area contributed by atoms with Gasteiger partial charge in [-0.25, -0.2) is 4.79 Å². The molecule has 1 amide bonds. The fourth-order valence-electron chi connectivity index (χ4n) is 3.85. The third-order valence-corrected chi connectivity index (χ3v) is 5.39. The first-order valence-electron chi connectivity index (χ1n) is 10.2. The molecule has 1 fully saturated rings. The van der Waals surface area contributed by atoms with E-state index in [2.05, 4.69) is 18.7 Å². The number of benzene rings is 2. The van der Waals surface area contributed by atoms with Crippen LogP contribution in [0.1, 0.15) is 45.7 Å². The first kappa shape index (κ1) is 21.3. The summed E-state index contributed by atoms with van der Waals surface area (Å²) in [5, 5.41) is 12.2. The average Bonchev–Trinajstić information content (AvgIpc) is 3.14. The molecule has 1 aliphatic rings. The van der Waals surface area contributed by atoms with E-state index in [1.807, 2.05) is 81.4 Å². The summed E-state index contributed by atoms with van der Waals surface area (Å²) in [7, 11) is 0. The van der Waals surface area contributed by atoms with Crippen molar-refractivity contribution in [2.75, 3.05) is 13.2 Å². The largest absolute Gasteiger partial charge is 0.444 e. The van der Waals surface area contributed by atoms with Crippen molar-refractivity contribution in [2.24, 2.45) is 0 Å². The Kier molecular flexibility index (Phi) is 6.01. The number of hydrogen-bond donors (Lipinski definition) is 1. The lowest BCUT2D eigenvalue weighted by atomic mass is 9.79. The third kappa shape index (κ3) is 4.46. The highest BCUT2D eigenvalue weighted by Crippen LogP contribution is 2.39. The van der Waals surface area contributed by atoms with Crippen LogP contribution in [0.2, 0.25) is 0 Å². The number of nitrogens with zero attached hydrogens (tertiary/aromatic N) is 2. The molecular weight excluding hydrogens is 364 g/mol. The predicted molar refractivity (Wildman–Crippen MR) is 114 cm³/mol. The minimum atomic E-state index is -1.36. The summed E-state index contributed by atoms with van der Waals surface area (Å²) >= 11 is 0. The molecule has 3 rings (SSSR count). The SMILES string of the molecule is CC(C)N1C[C@H](C(O)(c2ccccc2)c2ccccc2)N(C(=O)OC(C)(C)C)C1. The Morgan fingerprint density at radius 3 is 1.90 bits per heavy atom. The van der Waals surface area contributed by atoms with E-state index in [1.54, 1.807) is 4.90 Å². The second kappa shape index (κ2) is 8.17. The second-order valence-electron chi connectivity index (χ2n) is 8.97. The van der Waals surface area contributed by atoms with Crippen molar-refractivity contribution in [1.82, 2.24) is 9.80 Å². The Morgan fingerprint density at radius 1 is 1.00 bits per heavy atom. The molecule has 0 unspecified atom stereocenters. The molecule has 29 heavy (non-hydrogen) atoms. The van der Waals surface area contributed by atoms with Crippen LogP contribution in [0.25, 0.3) is 0 Å². The molecule has 156 valence electrons. The van der Waals surface area contributed by atoms with Crippen LogP contribution in [-0.4, -0.2) is 51.9 Å². The van der Waals surface area contributed by atoms with E-state index in [0.29, 0.717) is 13.2 Å². The summed E-state index contributed by atoms with van der Waals surface area (Å²) in [6, 6.07) is 18.9. The van der Waals surface area contributed by atoms with Crippen molar-refractivity contribution in [3.05, 3.63) is 71.8 Å². The van der Waals surface area contributed by atoms with Crippen LogP contribution < -0.4 is 0 Å². The minimum absolute atomic E-state index is 0.237. The molecule has 5 heteroatoms. The molecule has 0 bridgehead atoms. The average molecular weight is 397 g/mol. The molecule has 0 saturated carbocycles. The fraction of sp³-hybridized carbons (Fsp3) is 0.458. The van der Waals surface area contributed by atoms with E-state index in [4.69, 9.17) is 4.74 Å². The summed E-state index contributed by atoms with van der Waals surface area (Å²) in [4.78, 5) is 17.0. The van der Waals surface area contributed by atoms with E-state index >= 15 is 0 Å². The summed E-state index contributed by atoms with van der Waals surface area (Å²) in [6.07, 6.45) is -0.407. The smallest absolute Gasteiger partial charge is 0.411 e. The second-order valence-corrected chi connectivity index (χ2v) is 8.97. The Balaban J connectivity index is 2.10. The van der Waals surface area contributed by atoms with Crippen LogP contribution in [0, 0.1) is 0 Å². The van der Waals surface area contributed by atoms with Crippen molar-refractivity contribution >= 4 is 6.09 Å². The van der Waals surface area contributed by atoms with Crippen molar-refractivity contribution in [3.63, 3.8) is 0 Å². The quantitative estimate of drug-likeness (QED) is 0.841. The molecule has 5 nitrogen and oxygen atoms in total. The maximum absolute atomic E-state index is 13.1. The van der Waals surface area contributed by atoms with Gasteiger partial charge in [-0.2, -0.15) is 0 Å². The van der Waals surface area contributed by atoms with Gasteiger partial charge in [-0.1, -0.05) is 60.7 Å². The van der Waals surface area contributed by atoms with Crippen molar-refractivity contribution in [2.45, 2.75) is 57.9 Å². The van der Waals surface area contributed by atoms with E-state index in [0.717, 1.165) is 11.1 Å². The van der Waals surface area contributed by atoms with Crippen LogP contribution in [0.15, 0.2) is 60.7 Å². The molecule has 0 aromatic heterocycles. The molecule has 0 aliphatic carbocycles. The van der Waals surface area contributed by atoms with Crippen LogP contribution in [0.3, 0.4) is 0 Å². The maximum atomic E-state index is 13.1. The number of rotatable bonds is 4. The number of carbonyl (C=O) groups excluding carboxylic acids is 1. The first-order chi connectivity index (χ1) is 13.6. The summed E-state index contributed by atoms with van der Waals surface area (Å²) < 4.78 is 5.70. The van der Waals surface area contributed by atoms with E-state index in [-0.39, 0.29) is 6.04 Å². The number of aliphatic hydroxyl groups is 1. The molecule has 0 radical (unpaired) electrons. The highest BCUT2D eigenvalue weighted by Gasteiger charge is 2.50. The van der Waals surface area contributed by atoms with Gasteiger partial charge in [0.05, 0.1) is 12.7 Å². The molecule has 0 spiro atoms. The highest BCUT2D eigenvalue weighted by molar-refractivity contribution is 5.69. The van der Waals surface area contributed by atoms with Crippen molar-refractivity contribution < 1.29 is 14.6 Å². The molecule has 2 aromatic rings. The Labute approximate surface area is 173 Å². The van der Waals surface area contributed by atoms with Crippen LogP contribution in [-0.2, 0) is 10.3 Å². The normalized spacial score (nSPS) is 18.3. The lowest BCUT2D eigenvalue weighted by Crippen LogP contribution is -2.52. The van der Waals surface area contributed by atoms with Gasteiger partial charge in [-0.05, 0) is 45.7 Å². The Bertz CT molecular complexity index is 776. The number of ether oxygens (including phenoxy) is 1. The molecule has 1 N–H and O–H groups in total. The van der Waals surface area contributed by atoms with Crippen molar-refractivity contribution in [3.8, 4) is 0 Å². The monoisotopic (exact) mass is 396 g/mol. The lowest BCUT2D eigenvalue weighted by molar-refractivity contribution is -0.0219. The van der Waals surface area contributed by atoms with Gasteiger partial charge in [0.15, 0.2) is 0 Å². The third-order valence-electron chi connectivity index (χ3n) is 5.39. The van der Waals surface area contributed by atoms with Gasteiger partial charge in [0.25, 0.3) is 0 Å². The standard InChI is InChI=1S/C24H32N2O3/c1-18(2)25-16-21(26(17-25)22(27)29-23(3,4)5)24(28,19-12-8-6-9-13-19)20-14-10-7-11-15-20/h6-15,18,21,28H,16-17H2,1-5H3/t21-/m1/s1. The Hall–Kier alpha value is -2.37. The first-order valence-corrected chi connectivity index (χ1v) is 10.2. The van der Waals surface area contributed by atoms with Gasteiger partial charge in [0, 0.05) is 12.6 Å². The van der Waals surface area contributed by atoms with Gasteiger partial charge in [0.1, 0.15) is 11.2 Å². The highest BCUT2D eigenvalue weighted by atomic mass is 16.6. The maximum Gasteiger partial charge on any atom is 0.411 e. The summed E-state index contributed by atoms with van der Waals surface area (Å²) in [5.74, 6) is 0. The molecule has 1 aliphatic heterocycles. The lowest BCUT2D eigenvalue weighted by Gasteiger charge is -2.39. The van der Waals surface area contributed by atoms with E-state index < -0.39 is 23.3 Å². The topological polar surface area (TPSA) is 53.0 Å². The van der Waals surface area contributed by atoms with Crippen LogP contribution in [0.5, 0.6) is 0 Å². The molecule has 1 heterocycles. The fourth-order valence-corrected chi connectivity index (χ4v) is 3.85. The van der Waals surface area contributed by atoms with Gasteiger partial charge in [-0.15, -0.1) is 0 Å². The van der Waals surface area contributed by atoms with Gasteiger partial charge in [0.2, 0.25) is 0 Å². The van der Waals surface area contributed by atoms with Crippen LogP contribution in [0.4, 0.5) is 4.79 Å². The zero-order valence-electron chi connectivity index (χ0n) is 18.0. The molecule has 1 atom stereocenters. The Morgan fingerprint density at radius 2 is 1.48 bits per heavy atom. The minimum Gasteiger partial charge on any atom is -0.444 e. The zero-order valence-corrected chi connectivity index (χ0v) is 18.0. The molecule has 2 aromatic carbocycles. The van der Waals surface area contributed by atoms with Gasteiger partial charge >= 0.3 is 6.09 Å². The molecular formula is C24H32N2O3. The van der Waals surface area contributed by atoms with E-state index in [9.17, 15) is 9.90 Å². The summed E-state index contributed by atoms with van der Waals surface area (Å²) in [5.41, 5.74) is -0.446.